The second-order valence-corrected chi connectivity index (χ2v) is 3.81. The van der Waals surface area contributed by atoms with E-state index < -0.39 is 11.6 Å². The molecular weight excluding hydrogens is 238 g/mol. The molecule has 0 aliphatic heterocycles. The van der Waals surface area contributed by atoms with Gasteiger partial charge in [0, 0.05) is 5.56 Å². The van der Waals surface area contributed by atoms with Gasteiger partial charge in [-0.3, -0.25) is 0 Å². The third kappa shape index (κ3) is 3.05. The van der Waals surface area contributed by atoms with E-state index in [4.69, 9.17) is 4.74 Å². The van der Waals surface area contributed by atoms with Crippen LogP contribution in [-0.4, -0.2) is 0 Å². The summed E-state index contributed by atoms with van der Waals surface area (Å²) in [7, 11) is 0. The molecule has 0 fully saturated rings. The maximum absolute atomic E-state index is 13.3. The topological polar surface area (TPSA) is 29.1 Å². The fraction of sp³-hybridized carbons (Fsp3) is 0.143. The standard InChI is InChI=1S/C14H11F2O2/c15-12-3-6-14(16)11(7-12)9-18-13-4-1-10(8-17)2-5-13/h1-7H,8-9H2. The molecule has 0 bridgehead atoms. The van der Waals surface area contributed by atoms with Gasteiger partial charge in [-0.15, -0.1) is 0 Å². The van der Waals surface area contributed by atoms with E-state index in [1.165, 1.54) is 0 Å². The average Bonchev–Trinajstić information content (AvgIpc) is 2.40. The molecule has 0 heterocycles. The van der Waals surface area contributed by atoms with Crippen LogP contribution in [-0.2, 0) is 18.3 Å². The van der Waals surface area contributed by atoms with Gasteiger partial charge in [0.1, 0.15) is 30.6 Å². The van der Waals surface area contributed by atoms with Gasteiger partial charge in [-0.2, -0.15) is 0 Å². The van der Waals surface area contributed by atoms with E-state index in [0.29, 0.717) is 11.3 Å². The molecule has 0 amide bonds. The second kappa shape index (κ2) is 5.60. The summed E-state index contributed by atoms with van der Waals surface area (Å²) in [6, 6.07) is 9.77. The fourth-order valence-corrected chi connectivity index (χ4v) is 1.50. The van der Waals surface area contributed by atoms with Crippen LogP contribution in [0.5, 0.6) is 5.75 Å². The molecule has 0 aliphatic rings. The summed E-state index contributed by atoms with van der Waals surface area (Å²) in [5.74, 6) is -0.500. The number of benzene rings is 2. The van der Waals surface area contributed by atoms with Crippen molar-refractivity contribution < 1.29 is 18.6 Å². The lowest BCUT2D eigenvalue weighted by atomic mass is 10.2. The van der Waals surface area contributed by atoms with Crippen LogP contribution in [0.25, 0.3) is 0 Å². The van der Waals surface area contributed by atoms with E-state index in [2.05, 4.69) is 0 Å². The molecule has 0 saturated heterocycles. The quantitative estimate of drug-likeness (QED) is 0.815. The maximum atomic E-state index is 13.3. The Kier molecular flexibility index (Phi) is 3.89. The van der Waals surface area contributed by atoms with Crippen molar-refractivity contribution in [2.45, 2.75) is 13.2 Å². The van der Waals surface area contributed by atoms with E-state index in [1.54, 1.807) is 24.3 Å². The molecule has 0 aliphatic carbocycles. The first-order valence-corrected chi connectivity index (χ1v) is 5.43. The Bertz CT molecular complexity index is 524. The molecule has 0 N–H and O–H groups in total. The smallest absolute Gasteiger partial charge is 0.130 e. The predicted octanol–water partition coefficient (Wildman–Crippen LogP) is 3.47. The lowest BCUT2D eigenvalue weighted by molar-refractivity contribution is 0.177. The van der Waals surface area contributed by atoms with Gasteiger partial charge in [0.15, 0.2) is 0 Å². The van der Waals surface area contributed by atoms with Crippen LogP contribution in [0.3, 0.4) is 0 Å². The van der Waals surface area contributed by atoms with Crippen LogP contribution in [0.2, 0.25) is 0 Å². The first-order chi connectivity index (χ1) is 8.69. The van der Waals surface area contributed by atoms with Crippen LogP contribution in [0.4, 0.5) is 8.78 Å². The number of halogens is 2. The van der Waals surface area contributed by atoms with Crippen molar-refractivity contribution in [3.63, 3.8) is 0 Å². The Morgan fingerprint density at radius 2 is 1.72 bits per heavy atom. The monoisotopic (exact) mass is 249 g/mol. The molecule has 0 aromatic heterocycles. The van der Waals surface area contributed by atoms with Crippen molar-refractivity contribution in [3.8, 4) is 5.75 Å². The molecule has 2 nitrogen and oxygen atoms in total. The highest BCUT2D eigenvalue weighted by Gasteiger charge is 2.04. The largest absolute Gasteiger partial charge is 0.489 e. The highest BCUT2D eigenvalue weighted by molar-refractivity contribution is 5.27. The molecule has 2 aromatic carbocycles. The van der Waals surface area contributed by atoms with Crippen LogP contribution in [0, 0.1) is 11.6 Å². The molecule has 93 valence electrons. The molecule has 2 aromatic rings. The Morgan fingerprint density at radius 3 is 2.39 bits per heavy atom. The van der Waals surface area contributed by atoms with E-state index >= 15 is 0 Å². The Morgan fingerprint density at radius 1 is 1.00 bits per heavy atom. The van der Waals surface area contributed by atoms with Gasteiger partial charge in [0.25, 0.3) is 0 Å². The normalized spacial score (nSPS) is 10.4. The summed E-state index contributed by atoms with van der Waals surface area (Å²) >= 11 is 0. The number of ether oxygens (including phenoxy) is 1. The van der Waals surface area contributed by atoms with Crippen molar-refractivity contribution in [1.29, 1.82) is 0 Å². The van der Waals surface area contributed by atoms with Gasteiger partial charge < -0.3 is 4.74 Å². The Labute approximate surface area is 103 Å². The summed E-state index contributed by atoms with van der Waals surface area (Å²) in [6.45, 7) is -0.348. The third-order valence-corrected chi connectivity index (χ3v) is 2.49. The fourth-order valence-electron chi connectivity index (χ4n) is 1.50. The third-order valence-electron chi connectivity index (χ3n) is 2.49. The van der Waals surface area contributed by atoms with Crippen LogP contribution in [0.1, 0.15) is 11.1 Å². The molecule has 4 heteroatoms. The van der Waals surface area contributed by atoms with E-state index in [-0.39, 0.29) is 18.8 Å². The molecule has 0 spiro atoms. The second-order valence-electron chi connectivity index (χ2n) is 3.81. The van der Waals surface area contributed by atoms with Crippen molar-refractivity contribution in [1.82, 2.24) is 0 Å². The summed E-state index contributed by atoms with van der Waals surface area (Å²) in [4.78, 5) is 0. The highest BCUT2D eigenvalue weighted by atomic mass is 19.1. The summed E-state index contributed by atoms with van der Waals surface area (Å²) < 4.78 is 31.5. The molecule has 0 atom stereocenters. The van der Waals surface area contributed by atoms with Crippen molar-refractivity contribution >= 4 is 0 Å². The van der Waals surface area contributed by atoms with E-state index in [0.717, 1.165) is 18.2 Å². The van der Waals surface area contributed by atoms with Crippen LogP contribution in [0.15, 0.2) is 42.5 Å². The molecular formula is C14H11F2O2. The molecule has 1 radical (unpaired) electrons. The summed E-state index contributed by atoms with van der Waals surface area (Å²) in [5.41, 5.74) is 0.808. The summed E-state index contributed by atoms with van der Waals surface area (Å²) in [6.07, 6.45) is 0. The molecule has 2 rings (SSSR count). The minimum absolute atomic E-state index is 0.0552. The molecule has 0 saturated carbocycles. The molecule has 18 heavy (non-hydrogen) atoms. The maximum Gasteiger partial charge on any atom is 0.130 e. The van der Waals surface area contributed by atoms with Crippen molar-refractivity contribution in [2.75, 3.05) is 0 Å². The average molecular weight is 249 g/mol. The highest BCUT2D eigenvalue weighted by Crippen LogP contribution is 2.16. The minimum atomic E-state index is -0.507. The zero-order valence-corrected chi connectivity index (χ0v) is 9.53. The lowest BCUT2D eigenvalue weighted by Gasteiger charge is -2.07. The number of hydrogen-bond acceptors (Lipinski definition) is 1. The first-order valence-electron chi connectivity index (χ1n) is 5.43. The number of rotatable bonds is 4. The van der Waals surface area contributed by atoms with Crippen molar-refractivity contribution in [2.24, 2.45) is 0 Å². The summed E-state index contributed by atoms with van der Waals surface area (Å²) in [5, 5.41) is 10.6. The van der Waals surface area contributed by atoms with Gasteiger partial charge in [0.2, 0.25) is 0 Å². The van der Waals surface area contributed by atoms with Gasteiger partial charge in [-0.05, 0) is 35.9 Å². The van der Waals surface area contributed by atoms with Gasteiger partial charge in [-0.25, -0.2) is 13.9 Å². The minimum Gasteiger partial charge on any atom is -0.489 e. The zero-order chi connectivity index (χ0) is 13.0. The number of hydrogen-bond donors (Lipinski definition) is 0. The SMILES string of the molecule is [O]Cc1ccc(OCc2cc(F)ccc2F)cc1. The van der Waals surface area contributed by atoms with Gasteiger partial charge in [0.05, 0.1) is 0 Å². The Balaban J connectivity index is 2.04. The van der Waals surface area contributed by atoms with Crippen LogP contribution >= 0.6 is 0 Å². The molecule has 0 unspecified atom stereocenters. The van der Waals surface area contributed by atoms with Crippen LogP contribution < -0.4 is 4.74 Å². The first kappa shape index (κ1) is 12.5. The van der Waals surface area contributed by atoms with E-state index in [1.807, 2.05) is 0 Å². The van der Waals surface area contributed by atoms with Gasteiger partial charge in [-0.1, -0.05) is 12.1 Å². The lowest BCUT2D eigenvalue weighted by Crippen LogP contribution is -1.99. The van der Waals surface area contributed by atoms with Gasteiger partial charge >= 0.3 is 0 Å². The zero-order valence-electron chi connectivity index (χ0n) is 9.53. The Hall–Kier alpha value is -1.94. The van der Waals surface area contributed by atoms with Crippen molar-refractivity contribution in [3.05, 3.63) is 65.2 Å². The van der Waals surface area contributed by atoms with E-state index in [9.17, 15) is 13.9 Å². The predicted molar refractivity (Wildman–Crippen MR) is 61.5 cm³/mol.